The van der Waals surface area contributed by atoms with Crippen LogP contribution >= 0.6 is 11.6 Å². The molecule has 149 heavy (non-hydrogen) atoms. The maximum absolute atomic E-state index is 12.8. The summed E-state index contributed by atoms with van der Waals surface area (Å²) in [4.78, 5) is 42.9. The van der Waals surface area contributed by atoms with Crippen molar-refractivity contribution in [3.05, 3.63) is 404 Å². The highest BCUT2D eigenvalue weighted by Crippen LogP contribution is 2.39. The average molecular weight is 2090 g/mol. The van der Waals surface area contributed by atoms with Crippen LogP contribution in [-0.2, 0) is 92.5 Å². The highest BCUT2D eigenvalue weighted by Gasteiger charge is 2.39. The molecule has 18 nitrogen and oxygen atoms in total. The summed E-state index contributed by atoms with van der Waals surface area (Å²) >= 11 is 6.38. The minimum Gasteiger partial charge on any atom is -0.494 e. The Morgan fingerprint density at radius 1 is 0.409 bits per heavy atom. The number of esters is 1. The Morgan fingerprint density at radius 2 is 0.772 bits per heavy atom. The molecule has 4 aromatic heterocycles. The summed E-state index contributed by atoms with van der Waals surface area (Å²) in [5, 5.41) is 10.5. The molecule has 0 aliphatic carbocycles. The largest absolute Gasteiger partial charge is 0.494 e. The third-order valence-electron chi connectivity index (χ3n) is 24.5. The van der Waals surface area contributed by atoms with Crippen LogP contribution in [0.3, 0.4) is 0 Å². The van der Waals surface area contributed by atoms with E-state index in [9.17, 15) is 75.8 Å². The van der Waals surface area contributed by atoms with Gasteiger partial charge in [-0.25, -0.2) is 14.8 Å². The number of benzene rings is 9. The van der Waals surface area contributed by atoms with Gasteiger partial charge in [-0.05, 0) is 228 Å². The summed E-state index contributed by atoms with van der Waals surface area (Å²) in [5.74, 6) is 0.600. The third-order valence-corrected chi connectivity index (χ3v) is 24.9. The van der Waals surface area contributed by atoms with Crippen molar-refractivity contribution in [2.75, 3.05) is 92.6 Å². The lowest BCUT2D eigenvalue weighted by molar-refractivity contribution is -0.148. The summed E-state index contributed by atoms with van der Waals surface area (Å²) in [7, 11) is 1.38. The van der Waals surface area contributed by atoms with Crippen LogP contribution in [0.4, 0.5) is 65.9 Å². The fourth-order valence-corrected chi connectivity index (χ4v) is 17.3. The number of carbonyl (C=O) groups is 1. The molecule has 34 heteroatoms. The van der Waals surface area contributed by atoms with E-state index in [2.05, 4.69) is 140 Å². The molecule has 3 atom stereocenters. The Labute approximate surface area is 865 Å². The number of halogens is 16. The minimum atomic E-state index is -4.57. The topological polar surface area (TPSA) is 173 Å². The van der Waals surface area contributed by atoms with Crippen LogP contribution in [0.2, 0.25) is 5.02 Å². The molecule has 15 rings (SSSR count). The Morgan fingerprint density at radius 3 is 1.18 bits per heavy atom. The lowest BCUT2D eigenvalue weighted by Crippen LogP contribution is -2.41. The fraction of sp³-hybridized carbons (Fsp3) is 0.357. The molecule has 0 saturated carbocycles. The summed E-state index contributed by atoms with van der Waals surface area (Å²) in [5.41, 5.74) is 10.6. The number of nitrogens with zero attached hydrogens (tertiary/aromatic N) is 10. The number of aryl methyl sites for hydroxylation is 2. The third kappa shape index (κ3) is 38.5. The molecule has 0 saturated heterocycles. The van der Waals surface area contributed by atoms with Gasteiger partial charge in [0.25, 0.3) is 0 Å². The number of aliphatic hydroxyl groups excluding tert-OH is 1. The van der Waals surface area contributed by atoms with Crippen molar-refractivity contribution < 1.29 is 104 Å². The second-order valence-corrected chi connectivity index (χ2v) is 38.5. The molecule has 1 N–H and O–H groups in total. The molecule has 794 valence electrons. The standard InChI is InChI=1S/C25H26ClF3N2O.C25H27F3N2O.C24H27F3N4O.C21H22F3NO3.C20H22F3NO2/c1-24(2,18-32-22-11-9-21(10-12-22)25(27,28)29)17-31(15-19-6-5-13-30-14-19)16-20-7-3-4-8-23(20)26;1-19(18-31-24-11-9-23(10-12-24)25(26,27)28)15-30(16-21-7-5-13-29-14-21)17-22-8-4-3-6-20(22)2;1-18-7-4-5-9-20(18)15-31(14-19-8-6-10-28-11-19)16-23(2,3)17-32-21-12-29-22(30-13-21)24(25,26)27;1-27-20(26)19-18-6-3-2-5-15(18)11-13-25(19)12-4-14-28-17-9-7-16(8-10-17)21(22,23)24;21-20(22,23)16-6-8-17(9-7-16)26-13-3-11-24-12-10-15-4-1-2-5-18(15)19(24)14-25/h3-14H,15-18H2,1-2H3;3-14,19H,15-18H2,1-2H3;4-13H,14-17H2,1-3H3;2-3,5-10,19H,4,11-14H2,1H3;1-2,4-9,19,25H,3,10-14H2. The Hall–Kier alpha value is -13.0. The molecule has 6 heterocycles. The van der Waals surface area contributed by atoms with Crippen molar-refractivity contribution >= 4 is 17.6 Å². The summed E-state index contributed by atoms with van der Waals surface area (Å²) in [6, 6.07) is 70.7. The molecular formula is C115H124ClF15N10O8. The number of alkyl halides is 15. The predicted octanol–water partition coefficient (Wildman–Crippen LogP) is 26.6. The lowest BCUT2D eigenvalue weighted by atomic mass is 9.92. The number of hydrogen-bond donors (Lipinski definition) is 1. The summed E-state index contributed by atoms with van der Waals surface area (Å²) < 4.78 is 223. The van der Waals surface area contributed by atoms with Gasteiger partial charge in [0.15, 0.2) is 5.75 Å². The van der Waals surface area contributed by atoms with E-state index in [4.69, 9.17) is 40.0 Å². The number of rotatable bonds is 39. The van der Waals surface area contributed by atoms with Crippen LogP contribution in [0.15, 0.2) is 304 Å². The number of hydrogen-bond acceptors (Lipinski definition) is 18. The van der Waals surface area contributed by atoms with Crippen molar-refractivity contribution in [1.82, 2.24) is 49.4 Å². The van der Waals surface area contributed by atoms with E-state index >= 15 is 0 Å². The van der Waals surface area contributed by atoms with Crippen LogP contribution in [0.1, 0.15) is 154 Å². The van der Waals surface area contributed by atoms with Gasteiger partial charge in [0.05, 0.1) is 87.4 Å². The summed E-state index contributed by atoms with van der Waals surface area (Å²) in [6.07, 6.45) is -5.84. The van der Waals surface area contributed by atoms with E-state index in [-0.39, 0.29) is 41.1 Å². The molecule has 13 aromatic rings. The normalized spacial score (nSPS) is 14.2. The van der Waals surface area contributed by atoms with Gasteiger partial charge in [-0.1, -0.05) is 180 Å². The van der Waals surface area contributed by atoms with Gasteiger partial charge < -0.3 is 33.5 Å². The molecule has 2 aliphatic heterocycles. The molecule has 9 aromatic carbocycles. The Kier molecular flexibility index (Phi) is 43.3. The second-order valence-electron chi connectivity index (χ2n) is 38.1. The molecule has 0 amide bonds. The monoisotopic (exact) mass is 2090 g/mol. The van der Waals surface area contributed by atoms with Crippen LogP contribution in [-0.4, -0.2) is 153 Å². The van der Waals surface area contributed by atoms with E-state index in [1.807, 2.05) is 134 Å². The zero-order chi connectivity index (χ0) is 107. The fourth-order valence-electron chi connectivity index (χ4n) is 17.1. The quantitative estimate of drug-likeness (QED) is 0.0219. The van der Waals surface area contributed by atoms with Gasteiger partial charge in [0.2, 0.25) is 5.82 Å². The number of aliphatic hydroxyl groups is 1. The van der Waals surface area contributed by atoms with Gasteiger partial charge >= 0.3 is 36.9 Å². The van der Waals surface area contributed by atoms with Crippen LogP contribution in [0, 0.1) is 30.6 Å². The van der Waals surface area contributed by atoms with Gasteiger partial charge in [-0.15, -0.1) is 0 Å². The van der Waals surface area contributed by atoms with Crippen LogP contribution in [0.25, 0.3) is 0 Å². The maximum atomic E-state index is 12.8. The van der Waals surface area contributed by atoms with E-state index in [0.29, 0.717) is 100 Å². The first-order valence-electron chi connectivity index (χ1n) is 48.7. The van der Waals surface area contributed by atoms with Gasteiger partial charge in [0.1, 0.15) is 29.0 Å². The smallest absolute Gasteiger partial charge is 0.451 e. The zero-order valence-corrected chi connectivity index (χ0v) is 84.9. The Bertz CT molecular complexity index is 6020. The van der Waals surface area contributed by atoms with E-state index < -0.39 is 65.0 Å². The van der Waals surface area contributed by atoms with Gasteiger partial charge in [0, 0.05) is 144 Å². The highest BCUT2D eigenvalue weighted by atomic mass is 35.5. The second kappa shape index (κ2) is 55.5. The number of aromatic nitrogens is 5. The van der Waals surface area contributed by atoms with Crippen molar-refractivity contribution in [1.29, 1.82) is 0 Å². The molecule has 0 radical (unpaired) electrons. The lowest BCUT2D eigenvalue weighted by Gasteiger charge is -2.36. The molecule has 2 aliphatic rings. The van der Waals surface area contributed by atoms with E-state index in [1.165, 1.54) is 89.0 Å². The first-order chi connectivity index (χ1) is 70.9. The zero-order valence-electron chi connectivity index (χ0n) is 84.2. The van der Waals surface area contributed by atoms with Crippen molar-refractivity contribution in [3.63, 3.8) is 0 Å². The molecule has 3 unspecified atom stereocenters. The number of carbonyl (C=O) groups excluding carboxylic acids is 1. The van der Waals surface area contributed by atoms with Crippen LogP contribution in [0.5, 0.6) is 28.7 Å². The average Bonchev–Trinajstić information content (AvgIpc) is 0.783. The number of methoxy groups -OCH3 is 1. The van der Waals surface area contributed by atoms with Crippen molar-refractivity contribution in [3.8, 4) is 28.7 Å². The molecule has 0 spiro atoms. The minimum absolute atomic E-state index is 0.00832. The van der Waals surface area contributed by atoms with Crippen molar-refractivity contribution in [2.45, 2.75) is 156 Å². The molecular weight excluding hydrogens is 1970 g/mol. The first-order valence-corrected chi connectivity index (χ1v) is 49.0. The number of fused-ring (bicyclic) bond motifs is 2. The SMILES string of the molecule is CC(C)(COc1ccc(C(F)(F)F)cc1)CN(Cc1cccnc1)Cc1ccccc1Cl.COC(=O)C1c2ccccc2CCN1CCCOc1ccc(C(F)(F)F)cc1.Cc1ccccc1CN(Cc1cccnc1)CC(C)(C)COc1cnc(C(F)(F)F)nc1.Cc1ccccc1CN(Cc1cccnc1)CC(C)COc1ccc(C(F)(F)F)cc1.OCC1c2ccccc2CCN1CCCOc1ccc(C(F)(F)F)cc1. The van der Waals surface area contributed by atoms with Gasteiger partial charge in [-0.3, -0.25) is 39.5 Å². The molecule has 0 fully saturated rings. The highest BCUT2D eigenvalue weighted by molar-refractivity contribution is 6.31. The van der Waals surface area contributed by atoms with Gasteiger partial charge in [-0.2, -0.15) is 65.9 Å². The van der Waals surface area contributed by atoms with E-state index in [1.54, 1.807) is 18.6 Å². The van der Waals surface area contributed by atoms with E-state index in [0.717, 1.165) is 166 Å². The summed E-state index contributed by atoms with van der Waals surface area (Å²) in [6.45, 7) is 26.0. The Balaban J connectivity index is 0.000000177. The maximum Gasteiger partial charge on any atom is 0.451 e. The molecule has 0 bridgehead atoms. The first kappa shape index (κ1) is 116. The number of ether oxygens (including phenoxy) is 6. The number of pyridine rings is 3. The van der Waals surface area contributed by atoms with Crippen molar-refractivity contribution in [2.24, 2.45) is 16.7 Å². The van der Waals surface area contributed by atoms with Crippen LogP contribution < -0.4 is 23.7 Å². The predicted molar refractivity (Wildman–Crippen MR) is 543 cm³/mol.